The van der Waals surface area contributed by atoms with Crippen LogP contribution in [-0.4, -0.2) is 22.3 Å². The zero-order valence-corrected chi connectivity index (χ0v) is 12.6. The van der Waals surface area contributed by atoms with Gasteiger partial charge in [0, 0.05) is 17.5 Å². The maximum absolute atomic E-state index is 5.72. The first-order valence-electron chi connectivity index (χ1n) is 6.63. The van der Waals surface area contributed by atoms with E-state index < -0.39 is 0 Å². The van der Waals surface area contributed by atoms with E-state index in [1.165, 1.54) is 5.56 Å². The second kappa shape index (κ2) is 7.14. The van der Waals surface area contributed by atoms with Crippen LogP contribution in [0, 0.1) is 6.92 Å². The number of hydrogen-bond donors (Lipinski definition) is 1. The molecule has 1 heterocycles. The molecule has 0 unspecified atom stereocenters. The lowest BCUT2D eigenvalue weighted by atomic mass is 10.2. The Morgan fingerprint density at radius 3 is 2.85 bits per heavy atom. The van der Waals surface area contributed by atoms with E-state index in [2.05, 4.69) is 29.0 Å². The van der Waals surface area contributed by atoms with Crippen LogP contribution in [0.25, 0.3) is 0 Å². The van der Waals surface area contributed by atoms with E-state index in [0.717, 1.165) is 23.6 Å². The van der Waals surface area contributed by atoms with E-state index in [9.17, 15) is 0 Å². The van der Waals surface area contributed by atoms with Gasteiger partial charge in [-0.3, -0.25) is 0 Å². The van der Waals surface area contributed by atoms with Crippen molar-refractivity contribution in [1.29, 1.82) is 0 Å². The van der Waals surface area contributed by atoms with Crippen molar-refractivity contribution in [2.24, 2.45) is 0 Å². The highest BCUT2D eigenvalue weighted by Crippen LogP contribution is 2.17. The van der Waals surface area contributed by atoms with Gasteiger partial charge >= 0.3 is 0 Å². The number of hydrogen-bond acceptors (Lipinski definition) is 5. The standard InChI is InChI=1S/C15H19N3OS/c1-3-12-5-4-6-13(10-12)19-7-8-20-15-17-11(2)9-14(16)18-15/h4-6,9-10H,3,7-8H2,1-2H3,(H2,16,17,18). The highest BCUT2D eigenvalue weighted by molar-refractivity contribution is 7.99. The molecule has 0 amide bonds. The van der Waals surface area contributed by atoms with Crippen LogP contribution >= 0.6 is 11.8 Å². The average molecular weight is 289 g/mol. The summed E-state index contributed by atoms with van der Waals surface area (Å²) >= 11 is 1.55. The number of nitrogens with zero attached hydrogens (tertiary/aromatic N) is 2. The van der Waals surface area contributed by atoms with Crippen molar-refractivity contribution in [3.8, 4) is 5.75 Å². The lowest BCUT2D eigenvalue weighted by molar-refractivity contribution is 0.343. The Labute approximate surface area is 123 Å². The number of ether oxygens (including phenoxy) is 1. The first-order chi connectivity index (χ1) is 9.67. The molecule has 0 bridgehead atoms. The van der Waals surface area contributed by atoms with Gasteiger partial charge in [-0.05, 0) is 31.0 Å². The molecule has 2 N–H and O–H groups in total. The zero-order valence-electron chi connectivity index (χ0n) is 11.8. The van der Waals surface area contributed by atoms with Gasteiger partial charge in [-0.15, -0.1) is 0 Å². The highest BCUT2D eigenvalue weighted by Gasteiger charge is 2.01. The lowest BCUT2D eigenvalue weighted by Gasteiger charge is -2.07. The van der Waals surface area contributed by atoms with E-state index >= 15 is 0 Å². The highest BCUT2D eigenvalue weighted by atomic mass is 32.2. The third-order valence-electron chi connectivity index (χ3n) is 2.74. The minimum atomic E-state index is 0.511. The van der Waals surface area contributed by atoms with Gasteiger partial charge in [0.25, 0.3) is 0 Å². The summed E-state index contributed by atoms with van der Waals surface area (Å²) in [6.07, 6.45) is 1.02. The molecule has 0 fully saturated rings. The minimum absolute atomic E-state index is 0.511. The predicted molar refractivity (Wildman–Crippen MR) is 83.2 cm³/mol. The molecular formula is C15H19N3OS. The Kier molecular flexibility index (Phi) is 5.24. The molecule has 4 nitrogen and oxygen atoms in total. The molecule has 1 aromatic heterocycles. The number of nitrogen functional groups attached to an aromatic ring is 1. The Morgan fingerprint density at radius 1 is 1.25 bits per heavy atom. The molecule has 2 aromatic rings. The molecule has 2 rings (SSSR count). The summed E-state index contributed by atoms with van der Waals surface area (Å²) in [7, 11) is 0. The third-order valence-corrected chi connectivity index (χ3v) is 3.55. The maximum Gasteiger partial charge on any atom is 0.189 e. The van der Waals surface area contributed by atoms with Crippen molar-refractivity contribution in [1.82, 2.24) is 9.97 Å². The molecule has 0 saturated carbocycles. The number of nitrogens with two attached hydrogens (primary N) is 1. The molecule has 0 saturated heterocycles. The predicted octanol–water partition coefficient (Wildman–Crippen LogP) is 3.10. The topological polar surface area (TPSA) is 61.0 Å². The van der Waals surface area contributed by atoms with Crippen LogP contribution in [0.5, 0.6) is 5.75 Å². The van der Waals surface area contributed by atoms with Gasteiger partial charge in [0.15, 0.2) is 5.16 Å². The van der Waals surface area contributed by atoms with E-state index in [1.807, 2.05) is 19.1 Å². The fraction of sp³-hybridized carbons (Fsp3) is 0.333. The minimum Gasteiger partial charge on any atom is -0.493 e. The van der Waals surface area contributed by atoms with Crippen molar-refractivity contribution in [3.05, 3.63) is 41.6 Å². The van der Waals surface area contributed by atoms with Crippen molar-refractivity contribution in [2.75, 3.05) is 18.1 Å². The van der Waals surface area contributed by atoms with E-state index in [-0.39, 0.29) is 0 Å². The second-order valence-corrected chi connectivity index (χ2v) is 5.48. The smallest absolute Gasteiger partial charge is 0.189 e. The summed E-state index contributed by atoms with van der Waals surface area (Å²) in [5, 5.41) is 0.702. The first-order valence-corrected chi connectivity index (χ1v) is 7.61. The number of anilines is 1. The van der Waals surface area contributed by atoms with Gasteiger partial charge in [-0.2, -0.15) is 0 Å². The molecule has 106 valence electrons. The van der Waals surface area contributed by atoms with E-state index in [1.54, 1.807) is 17.8 Å². The number of benzene rings is 1. The molecule has 0 aliphatic carbocycles. The van der Waals surface area contributed by atoms with Crippen LogP contribution in [0.4, 0.5) is 5.82 Å². The normalized spacial score (nSPS) is 10.5. The number of aromatic nitrogens is 2. The lowest BCUT2D eigenvalue weighted by Crippen LogP contribution is -2.02. The fourth-order valence-corrected chi connectivity index (χ4v) is 2.50. The molecule has 1 aromatic carbocycles. The molecule has 0 radical (unpaired) electrons. The Bertz CT molecular complexity index is 555. The molecular weight excluding hydrogens is 270 g/mol. The Balaban J connectivity index is 1.81. The van der Waals surface area contributed by atoms with Crippen molar-refractivity contribution in [2.45, 2.75) is 25.4 Å². The molecule has 0 spiro atoms. The van der Waals surface area contributed by atoms with Gasteiger partial charge in [0.2, 0.25) is 0 Å². The summed E-state index contributed by atoms with van der Waals surface area (Å²) in [5.74, 6) is 2.21. The van der Waals surface area contributed by atoms with Gasteiger partial charge in [0.1, 0.15) is 11.6 Å². The van der Waals surface area contributed by atoms with Crippen molar-refractivity contribution < 1.29 is 4.74 Å². The first kappa shape index (κ1) is 14.7. The summed E-state index contributed by atoms with van der Waals surface area (Å²) < 4.78 is 5.72. The molecule has 0 aliphatic heterocycles. The largest absolute Gasteiger partial charge is 0.493 e. The van der Waals surface area contributed by atoms with Gasteiger partial charge in [-0.1, -0.05) is 30.8 Å². The average Bonchev–Trinajstić information content (AvgIpc) is 2.43. The van der Waals surface area contributed by atoms with Gasteiger partial charge in [-0.25, -0.2) is 9.97 Å². The van der Waals surface area contributed by atoms with Crippen molar-refractivity contribution in [3.63, 3.8) is 0 Å². The molecule has 5 heteroatoms. The maximum atomic E-state index is 5.72. The van der Waals surface area contributed by atoms with Crippen LogP contribution in [0.1, 0.15) is 18.2 Å². The third kappa shape index (κ3) is 4.42. The van der Waals surface area contributed by atoms with E-state index in [4.69, 9.17) is 10.5 Å². The fourth-order valence-electron chi connectivity index (χ4n) is 1.78. The summed E-state index contributed by atoms with van der Waals surface area (Å²) in [4.78, 5) is 8.50. The Hall–Kier alpha value is -1.75. The monoisotopic (exact) mass is 289 g/mol. The van der Waals surface area contributed by atoms with Crippen LogP contribution in [-0.2, 0) is 6.42 Å². The molecule has 20 heavy (non-hydrogen) atoms. The quantitative estimate of drug-likeness (QED) is 0.503. The summed E-state index contributed by atoms with van der Waals surface area (Å²) in [6, 6.07) is 9.93. The number of rotatable bonds is 6. The zero-order chi connectivity index (χ0) is 14.4. The SMILES string of the molecule is CCc1cccc(OCCSc2nc(C)cc(N)n2)c1. The Morgan fingerprint density at radius 2 is 2.10 bits per heavy atom. The van der Waals surface area contributed by atoms with Crippen LogP contribution in [0.15, 0.2) is 35.5 Å². The van der Waals surface area contributed by atoms with Crippen molar-refractivity contribution >= 4 is 17.6 Å². The van der Waals surface area contributed by atoms with Crippen LogP contribution < -0.4 is 10.5 Å². The molecule has 0 aliphatic rings. The van der Waals surface area contributed by atoms with Crippen LogP contribution in [0.2, 0.25) is 0 Å². The second-order valence-electron chi connectivity index (χ2n) is 4.41. The summed E-state index contributed by atoms with van der Waals surface area (Å²) in [6.45, 7) is 4.67. The number of aryl methyl sites for hydroxylation is 2. The van der Waals surface area contributed by atoms with Gasteiger partial charge in [0.05, 0.1) is 6.61 Å². The van der Waals surface area contributed by atoms with E-state index in [0.29, 0.717) is 17.6 Å². The van der Waals surface area contributed by atoms with Gasteiger partial charge < -0.3 is 10.5 Å². The number of thioether (sulfide) groups is 1. The molecule has 0 atom stereocenters. The summed E-state index contributed by atoms with van der Waals surface area (Å²) in [5.41, 5.74) is 7.86. The van der Waals surface area contributed by atoms with Crippen LogP contribution in [0.3, 0.4) is 0 Å².